The monoisotopic (exact) mass is 521 g/mol. The van der Waals surface area contributed by atoms with Crippen molar-refractivity contribution in [1.29, 1.82) is 0 Å². The van der Waals surface area contributed by atoms with Gasteiger partial charge in [-0.1, -0.05) is 30.4 Å². The zero-order chi connectivity index (χ0) is 26.6. The van der Waals surface area contributed by atoms with E-state index in [1.54, 1.807) is 24.3 Å². The van der Waals surface area contributed by atoms with Crippen LogP contribution in [0.2, 0.25) is 0 Å². The molecule has 3 amide bonds. The van der Waals surface area contributed by atoms with Crippen LogP contribution >= 0.6 is 0 Å². The van der Waals surface area contributed by atoms with Crippen LogP contribution < -0.4 is 15.4 Å². The summed E-state index contributed by atoms with van der Waals surface area (Å²) in [7, 11) is 0. The minimum absolute atomic E-state index is 0.0133. The lowest BCUT2D eigenvalue weighted by Crippen LogP contribution is -2.57. The molecular weight excluding hydrogens is 494 g/mol. The van der Waals surface area contributed by atoms with E-state index in [0.29, 0.717) is 25.0 Å². The lowest BCUT2D eigenvalue weighted by atomic mass is 10.0. The summed E-state index contributed by atoms with van der Waals surface area (Å²) in [6, 6.07) is 7.47. The van der Waals surface area contributed by atoms with Crippen molar-refractivity contribution in [2.24, 2.45) is 0 Å². The number of aliphatic hydroxyl groups is 1. The standard InChI is InChI=1S/C26H27N5O7/c32-21-14-19(25(36)38-21)29-23(34)20-11-10-15-6-4-5-9-18(24(35)31(15)20)28-22(33)17-12-13-27-26(30-17)37-16-7-2-1-3-8-16/h1-5,7-8,12-13,15,18-20,25,36H,6,9-11,14H2,(H,28,33)(H,29,34)/t15-,18+,19?,20+,25?/m1/s1. The van der Waals surface area contributed by atoms with Crippen LogP contribution in [0.4, 0.5) is 0 Å². The third-order valence-electron chi connectivity index (χ3n) is 6.74. The number of benzene rings is 1. The number of carbonyl (C=O) groups is 4. The van der Waals surface area contributed by atoms with Crippen LogP contribution in [-0.2, 0) is 19.1 Å². The maximum Gasteiger partial charge on any atom is 0.322 e. The molecule has 0 bridgehead atoms. The van der Waals surface area contributed by atoms with Crippen LogP contribution in [0, 0.1) is 0 Å². The highest BCUT2D eigenvalue weighted by Gasteiger charge is 2.45. The Labute approximate surface area is 218 Å². The van der Waals surface area contributed by atoms with E-state index in [2.05, 4.69) is 20.6 Å². The highest BCUT2D eigenvalue weighted by molar-refractivity contribution is 5.97. The molecular formula is C26H27N5O7. The molecule has 38 heavy (non-hydrogen) atoms. The van der Waals surface area contributed by atoms with Crippen LogP contribution in [0.25, 0.3) is 0 Å². The second-order valence-corrected chi connectivity index (χ2v) is 9.30. The number of nitrogens with one attached hydrogen (secondary N) is 2. The fraction of sp³-hybridized carbons (Fsp3) is 0.385. The molecule has 5 rings (SSSR count). The molecule has 0 aliphatic carbocycles. The number of aromatic nitrogens is 2. The molecule has 3 aliphatic rings. The van der Waals surface area contributed by atoms with Crippen molar-refractivity contribution in [2.75, 3.05) is 0 Å². The Morgan fingerprint density at radius 2 is 1.84 bits per heavy atom. The van der Waals surface area contributed by atoms with Crippen molar-refractivity contribution in [3.8, 4) is 11.8 Å². The van der Waals surface area contributed by atoms with Crippen molar-refractivity contribution >= 4 is 23.7 Å². The molecule has 0 spiro atoms. The number of hydrogen-bond donors (Lipinski definition) is 3. The molecule has 1 aromatic carbocycles. The van der Waals surface area contributed by atoms with E-state index in [4.69, 9.17) is 9.47 Å². The van der Waals surface area contributed by atoms with Gasteiger partial charge in [0.25, 0.3) is 5.91 Å². The summed E-state index contributed by atoms with van der Waals surface area (Å²) in [5.74, 6) is -1.55. The summed E-state index contributed by atoms with van der Waals surface area (Å²) in [6.07, 6.45) is 5.44. The van der Waals surface area contributed by atoms with E-state index in [9.17, 15) is 24.3 Å². The van der Waals surface area contributed by atoms with Gasteiger partial charge in [-0.15, -0.1) is 0 Å². The summed E-state index contributed by atoms with van der Waals surface area (Å²) in [5, 5.41) is 15.2. The summed E-state index contributed by atoms with van der Waals surface area (Å²) in [5.41, 5.74) is 0.0249. The van der Waals surface area contributed by atoms with Gasteiger partial charge in [0.05, 0.1) is 6.42 Å². The number of ether oxygens (including phenoxy) is 2. The maximum atomic E-state index is 13.6. The lowest BCUT2D eigenvalue weighted by Gasteiger charge is -2.34. The zero-order valence-electron chi connectivity index (χ0n) is 20.4. The Morgan fingerprint density at radius 3 is 2.61 bits per heavy atom. The smallest absolute Gasteiger partial charge is 0.322 e. The third kappa shape index (κ3) is 5.49. The third-order valence-corrected chi connectivity index (χ3v) is 6.74. The molecule has 198 valence electrons. The minimum atomic E-state index is -1.43. The summed E-state index contributed by atoms with van der Waals surface area (Å²) in [6.45, 7) is 0. The average molecular weight is 522 g/mol. The predicted molar refractivity (Wildman–Crippen MR) is 130 cm³/mol. The topological polar surface area (TPSA) is 160 Å². The van der Waals surface area contributed by atoms with Crippen LogP contribution in [-0.4, -0.2) is 74.1 Å². The van der Waals surface area contributed by atoms with Gasteiger partial charge in [-0.05, 0) is 43.9 Å². The van der Waals surface area contributed by atoms with Gasteiger partial charge in [-0.3, -0.25) is 19.2 Å². The van der Waals surface area contributed by atoms with Gasteiger partial charge < -0.3 is 30.1 Å². The number of nitrogens with zero attached hydrogens (tertiary/aromatic N) is 3. The van der Waals surface area contributed by atoms with E-state index in [1.165, 1.54) is 17.2 Å². The fourth-order valence-electron chi connectivity index (χ4n) is 4.88. The largest absolute Gasteiger partial charge is 0.434 e. The SMILES string of the molecule is O=C1CC(NC(=O)[C@@H]2CC[C@H]3CC=CC[C@H](NC(=O)c4ccnc(Oc5ccccc5)n4)C(=O)N32)C(O)O1. The molecule has 1 aromatic heterocycles. The van der Waals surface area contributed by atoms with Crippen molar-refractivity contribution in [2.45, 2.75) is 62.6 Å². The average Bonchev–Trinajstić information content (AvgIpc) is 3.46. The summed E-state index contributed by atoms with van der Waals surface area (Å²) in [4.78, 5) is 60.9. The van der Waals surface area contributed by atoms with Gasteiger partial charge in [-0.25, -0.2) is 4.98 Å². The Bertz CT molecular complexity index is 1250. The number of hydrogen-bond acceptors (Lipinski definition) is 9. The van der Waals surface area contributed by atoms with Gasteiger partial charge >= 0.3 is 12.0 Å². The summed E-state index contributed by atoms with van der Waals surface area (Å²) >= 11 is 0. The first-order valence-corrected chi connectivity index (χ1v) is 12.4. The normalized spacial score (nSPS) is 26.7. The molecule has 2 unspecified atom stereocenters. The highest BCUT2D eigenvalue weighted by Crippen LogP contribution is 2.30. The van der Waals surface area contributed by atoms with Crippen LogP contribution in [0.1, 0.15) is 42.6 Å². The first kappa shape index (κ1) is 25.3. The molecule has 2 saturated heterocycles. The van der Waals surface area contributed by atoms with Gasteiger partial charge in [0.2, 0.25) is 18.1 Å². The number of rotatable bonds is 6. The maximum absolute atomic E-state index is 13.6. The van der Waals surface area contributed by atoms with E-state index in [-0.39, 0.29) is 36.5 Å². The molecule has 0 saturated carbocycles. The Morgan fingerprint density at radius 1 is 1.05 bits per heavy atom. The molecule has 3 aliphatic heterocycles. The van der Waals surface area contributed by atoms with Crippen molar-refractivity contribution in [3.05, 3.63) is 60.4 Å². The first-order valence-electron chi connectivity index (χ1n) is 12.4. The Hall–Kier alpha value is -4.32. The van der Waals surface area contributed by atoms with Crippen molar-refractivity contribution < 1.29 is 33.8 Å². The summed E-state index contributed by atoms with van der Waals surface area (Å²) < 4.78 is 10.3. The van der Waals surface area contributed by atoms with Crippen molar-refractivity contribution in [1.82, 2.24) is 25.5 Å². The van der Waals surface area contributed by atoms with Crippen molar-refractivity contribution in [3.63, 3.8) is 0 Å². The van der Waals surface area contributed by atoms with Gasteiger partial charge in [0.15, 0.2) is 0 Å². The number of para-hydroxylation sites is 1. The second kappa shape index (κ2) is 11.0. The van der Waals surface area contributed by atoms with E-state index in [0.717, 1.165) is 0 Å². The van der Waals surface area contributed by atoms with Crippen LogP contribution in [0.5, 0.6) is 11.8 Å². The van der Waals surface area contributed by atoms with Gasteiger partial charge in [0, 0.05) is 12.2 Å². The number of fused-ring (bicyclic) bond motifs is 1. The Kier molecular flexibility index (Phi) is 7.31. The number of amides is 3. The zero-order valence-corrected chi connectivity index (χ0v) is 20.4. The molecule has 3 N–H and O–H groups in total. The van der Waals surface area contributed by atoms with E-state index >= 15 is 0 Å². The number of cyclic esters (lactones) is 1. The lowest BCUT2D eigenvalue weighted by molar-refractivity contribution is -0.155. The quantitative estimate of drug-likeness (QED) is 0.369. The molecule has 0 radical (unpaired) electrons. The van der Waals surface area contributed by atoms with E-state index < -0.39 is 42.2 Å². The molecule has 2 fully saturated rings. The van der Waals surface area contributed by atoms with E-state index in [1.807, 2.05) is 18.2 Å². The second-order valence-electron chi connectivity index (χ2n) is 9.30. The number of esters is 1. The molecule has 4 heterocycles. The highest BCUT2D eigenvalue weighted by atomic mass is 16.6. The Balaban J connectivity index is 1.28. The molecule has 12 heteroatoms. The molecule has 12 nitrogen and oxygen atoms in total. The number of aliphatic hydroxyl groups excluding tert-OH is 1. The van der Waals surface area contributed by atoms with Gasteiger partial charge in [0.1, 0.15) is 29.6 Å². The number of carbonyl (C=O) groups excluding carboxylic acids is 4. The predicted octanol–water partition coefficient (Wildman–Crippen LogP) is 0.827. The van der Waals surface area contributed by atoms with Crippen LogP contribution in [0.3, 0.4) is 0 Å². The molecule has 2 aromatic rings. The fourth-order valence-corrected chi connectivity index (χ4v) is 4.88. The minimum Gasteiger partial charge on any atom is -0.434 e. The molecule has 5 atom stereocenters. The van der Waals surface area contributed by atoms with Crippen LogP contribution in [0.15, 0.2) is 54.7 Å². The first-order chi connectivity index (χ1) is 18.4. The van der Waals surface area contributed by atoms with Gasteiger partial charge in [-0.2, -0.15) is 4.98 Å².